The predicted molar refractivity (Wildman–Crippen MR) is 77.0 cm³/mol. The van der Waals surface area contributed by atoms with Gasteiger partial charge in [0.05, 0.1) is 5.39 Å². The molecule has 0 atom stereocenters. The molecule has 0 unspecified atom stereocenters. The van der Waals surface area contributed by atoms with Crippen LogP contribution in [0.25, 0.3) is 11.0 Å². The third-order valence-corrected chi connectivity index (χ3v) is 3.94. The summed E-state index contributed by atoms with van der Waals surface area (Å²) in [6, 6.07) is 0. The van der Waals surface area contributed by atoms with E-state index in [1.165, 1.54) is 10.9 Å². The standard InChI is InChI=1S/C15H18N4/c1-3-11-5-7-19(8-6-11)15-13-12(4-2)9-16-14(13)17-10-18-15/h1,9-11H,4-8H2,2H3,(H,16,17,18). The second-order valence-electron chi connectivity index (χ2n) is 5.02. The number of fused-ring (bicyclic) bond motifs is 1. The Hall–Kier alpha value is -2.02. The average molecular weight is 254 g/mol. The zero-order valence-electron chi connectivity index (χ0n) is 11.2. The van der Waals surface area contributed by atoms with Crippen molar-refractivity contribution < 1.29 is 0 Å². The normalized spacial score (nSPS) is 16.7. The van der Waals surface area contributed by atoms with Crippen LogP contribution < -0.4 is 4.90 Å². The van der Waals surface area contributed by atoms with E-state index in [-0.39, 0.29) is 0 Å². The molecule has 1 N–H and O–H groups in total. The van der Waals surface area contributed by atoms with Gasteiger partial charge in [-0.15, -0.1) is 12.3 Å². The van der Waals surface area contributed by atoms with Gasteiger partial charge in [-0.25, -0.2) is 9.97 Å². The Kier molecular flexibility index (Phi) is 3.12. The average Bonchev–Trinajstić information content (AvgIpc) is 2.90. The van der Waals surface area contributed by atoms with Crippen molar-refractivity contribution in [3.8, 4) is 12.3 Å². The molecule has 0 bridgehead atoms. The summed E-state index contributed by atoms with van der Waals surface area (Å²) in [5.74, 6) is 4.34. The number of aryl methyl sites for hydroxylation is 1. The summed E-state index contributed by atoms with van der Waals surface area (Å²) in [4.78, 5) is 14.4. The molecule has 1 aliphatic rings. The molecule has 1 aliphatic heterocycles. The number of hydrogen-bond donors (Lipinski definition) is 1. The van der Waals surface area contributed by atoms with Gasteiger partial charge in [0, 0.05) is 25.2 Å². The van der Waals surface area contributed by atoms with Gasteiger partial charge in [0.15, 0.2) is 0 Å². The van der Waals surface area contributed by atoms with Crippen molar-refractivity contribution in [2.75, 3.05) is 18.0 Å². The van der Waals surface area contributed by atoms with Gasteiger partial charge in [-0.05, 0) is 24.8 Å². The quantitative estimate of drug-likeness (QED) is 0.837. The number of hydrogen-bond acceptors (Lipinski definition) is 3. The molecule has 1 saturated heterocycles. The first kappa shape index (κ1) is 12.0. The first-order valence-corrected chi connectivity index (χ1v) is 6.85. The van der Waals surface area contributed by atoms with Crippen LogP contribution in [0.1, 0.15) is 25.3 Å². The van der Waals surface area contributed by atoms with E-state index in [0.717, 1.165) is 43.8 Å². The number of nitrogens with zero attached hydrogens (tertiary/aromatic N) is 3. The van der Waals surface area contributed by atoms with Gasteiger partial charge in [0.2, 0.25) is 0 Å². The van der Waals surface area contributed by atoms with Crippen molar-refractivity contribution in [1.29, 1.82) is 0 Å². The molecule has 19 heavy (non-hydrogen) atoms. The second kappa shape index (κ2) is 4.93. The smallest absolute Gasteiger partial charge is 0.143 e. The fourth-order valence-corrected chi connectivity index (χ4v) is 2.79. The maximum absolute atomic E-state index is 5.51. The fourth-order valence-electron chi connectivity index (χ4n) is 2.79. The zero-order valence-corrected chi connectivity index (χ0v) is 11.2. The summed E-state index contributed by atoms with van der Waals surface area (Å²) >= 11 is 0. The Bertz CT molecular complexity index is 615. The molecule has 4 nitrogen and oxygen atoms in total. The van der Waals surface area contributed by atoms with E-state index in [9.17, 15) is 0 Å². The molecule has 0 spiro atoms. The van der Waals surface area contributed by atoms with E-state index in [1.807, 2.05) is 6.20 Å². The Labute approximate surface area is 113 Å². The van der Waals surface area contributed by atoms with Crippen LogP contribution in [0.15, 0.2) is 12.5 Å². The van der Waals surface area contributed by atoms with E-state index in [4.69, 9.17) is 6.42 Å². The minimum atomic E-state index is 0.422. The largest absolute Gasteiger partial charge is 0.356 e. The summed E-state index contributed by atoms with van der Waals surface area (Å²) in [7, 11) is 0. The van der Waals surface area contributed by atoms with Gasteiger partial charge in [-0.2, -0.15) is 0 Å². The fraction of sp³-hybridized carbons (Fsp3) is 0.467. The molecule has 98 valence electrons. The summed E-state index contributed by atoms with van der Waals surface area (Å²) in [6.07, 6.45) is 12.3. The number of aromatic amines is 1. The predicted octanol–water partition coefficient (Wildman–Crippen LogP) is 2.37. The molecule has 4 heteroatoms. The maximum atomic E-state index is 5.51. The molecule has 1 fully saturated rings. The summed E-state index contributed by atoms with van der Waals surface area (Å²) < 4.78 is 0. The van der Waals surface area contributed by atoms with E-state index in [2.05, 4.69) is 32.7 Å². The Balaban J connectivity index is 1.97. The van der Waals surface area contributed by atoms with Crippen LogP contribution in [0.2, 0.25) is 0 Å². The first-order chi connectivity index (χ1) is 9.33. The minimum absolute atomic E-state index is 0.422. The highest BCUT2D eigenvalue weighted by Gasteiger charge is 2.21. The number of anilines is 1. The molecule has 2 aromatic heterocycles. The Morgan fingerprint density at radius 2 is 2.21 bits per heavy atom. The third-order valence-electron chi connectivity index (χ3n) is 3.94. The van der Waals surface area contributed by atoms with E-state index in [1.54, 1.807) is 6.33 Å². The SMILES string of the molecule is C#CC1CCN(c2ncnc3[nH]cc(CC)c23)CC1. The number of rotatable bonds is 2. The monoisotopic (exact) mass is 254 g/mol. The Morgan fingerprint density at radius 1 is 1.42 bits per heavy atom. The van der Waals surface area contributed by atoms with Gasteiger partial charge in [0.1, 0.15) is 17.8 Å². The van der Waals surface area contributed by atoms with Crippen molar-refractivity contribution in [2.24, 2.45) is 5.92 Å². The highest BCUT2D eigenvalue weighted by atomic mass is 15.2. The van der Waals surface area contributed by atoms with Crippen LogP contribution in [0, 0.1) is 18.3 Å². The molecule has 0 amide bonds. The first-order valence-electron chi connectivity index (χ1n) is 6.85. The third kappa shape index (κ3) is 2.06. The maximum Gasteiger partial charge on any atom is 0.143 e. The zero-order chi connectivity index (χ0) is 13.2. The minimum Gasteiger partial charge on any atom is -0.356 e. The van der Waals surface area contributed by atoms with E-state index < -0.39 is 0 Å². The van der Waals surface area contributed by atoms with Gasteiger partial charge >= 0.3 is 0 Å². The van der Waals surface area contributed by atoms with Crippen LogP contribution in [0.3, 0.4) is 0 Å². The molecule has 0 aliphatic carbocycles. The molecule has 3 rings (SSSR count). The summed E-state index contributed by atoms with van der Waals surface area (Å²) in [6.45, 7) is 4.12. The van der Waals surface area contributed by atoms with Crippen LogP contribution in [0.4, 0.5) is 5.82 Å². The lowest BCUT2D eigenvalue weighted by Gasteiger charge is -2.31. The molecular weight excluding hydrogens is 236 g/mol. The number of aromatic nitrogens is 3. The van der Waals surface area contributed by atoms with Crippen molar-refractivity contribution in [3.63, 3.8) is 0 Å². The van der Waals surface area contributed by atoms with Crippen molar-refractivity contribution in [3.05, 3.63) is 18.1 Å². The van der Waals surface area contributed by atoms with Gasteiger partial charge in [-0.1, -0.05) is 6.92 Å². The topological polar surface area (TPSA) is 44.8 Å². The van der Waals surface area contributed by atoms with Crippen LogP contribution in [-0.2, 0) is 6.42 Å². The van der Waals surface area contributed by atoms with Gasteiger partial charge < -0.3 is 9.88 Å². The molecule has 3 heterocycles. The van der Waals surface area contributed by atoms with Crippen molar-refractivity contribution in [2.45, 2.75) is 26.2 Å². The van der Waals surface area contributed by atoms with Crippen molar-refractivity contribution in [1.82, 2.24) is 15.0 Å². The summed E-state index contributed by atoms with van der Waals surface area (Å²) in [5.41, 5.74) is 2.21. The lowest BCUT2D eigenvalue weighted by molar-refractivity contribution is 0.490. The Morgan fingerprint density at radius 3 is 2.89 bits per heavy atom. The number of terminal acetylenes is 1. The summed E-state index contributed by atoms with van der Waals surface area (Å²) in [5, 5.41) is 1.17. The second-order valence-corrected chi connectivity index (χ2v) is 5.02. The number of nitrogens with one attached hydrogen (secondary N) is 1. The molecular formula is C15H18N4. The van der Waals surface area contributed by atoms with Crippen LogP contribution in [-0.4, -0.2) is 28.0 Å². The number of piperidine rings is 1. The van der Waals surface area contributed by atoms with E-state index >= 15 is 0 Å². The molecule has 2 aromatic rings. The van der Waals surface area contributed by atoms with Crippen molar-refractivity contribution >= 4 is 16.9 Å². The van der Waals surface area contributed by atoms with E-state index in [0.29, 0.717) is 5.92 Å². The van der Waals surface area contributed by atoms with Crippen LogP contribution >= 0.6 is 0 Å². The highest BCUT2D eigenvalue weighted by Crippen LogP contribution is 2.29. The lowest BCUT2D eigenvalue weighted by Crippen LogP contribution is -2.34. The highest BCUT2D eigenvalue weighted by molar-refractivity contribution is 5.90. The molecule has 0 aromatic carbocycles. The van der Waals surface area contributed by atoms with Gasteiger partial charge in [-0.3, -0.25) is 0 Å². The van der Waals surface area contributed by atoms with Gasteiger partial charge in [0.25, 0.3) is 0 Å². The number of H-pyrrole nitrogens is 1. The molecule has 0 saturated carbocycles. The molecule has 0 radical (unpaired) electrons. The lowest BCUT2D eigenvalue weighted by atomic mass is 9.97. The van der Waals surface area contributed by atoms with Crippen LogP contribution in [0.5, 0.6) is 0 Å².